The van der Waals surface area contributed by atoms with E-state index in [9.17, 15) is 13.6 Å². The largest absolute Gasteiger partial charge is 0.467 e. The van der Waals surface area contributed by atoms with Crippen LogP contribution in [0.15, 0.2) is 36.4 Å². The zero-order valence-corrected chi connectivity index (χ0v) is 16.4. The molecule has 0 saturated carbocycles. The quantitative estimate of drug-likeness (QED) is 0.604. The predicted octanol–water partition coefficient (Wildman–Crippen LogP) is 4.84. The van der Waals surface area contributed by atoms with Crippen LogP contribution in [-0.4, -0.2) is 35.0 Å². The van der Waals surface area contributed by atoms with Gasteiger partial charge < -0.3 is 9.64 Å². The Morgan fingerprint density at radius 1 is 1.18 bits per heavy atom. The van der Waals surface area contributed by atoms with Crippen molar-refractivity contribution in [2.75, 3.05) is 13.1 Å². The molecule has 2 aromatic carbocycles. The average molecular weight is 423 g/mol. The first-order chi connectivity index (χ1) is 13.5. The number of nitrogens with zero attached hydrogens (tertiary/aromatic N) is 2. The molecule has 1 fully saturated rings. The fourth-order valence-corrected chi connectivity index (χ4v) is 4.40. The van der Waals surface area contributed by atoms with Gasteiger partial charge in [0.05, 0.1) is 11.1 Å². The fourth-order valence-electron chi connectivity index (χ4n) is 3.27. The number of amides is 1. The summed E-state index contributed by atoms with van der Waals surface area (Å²) in [5.41, 5.74) is 0.543. The SMILES string of the molecule is O=C(Cc1c(F)cccc1Cl)N1CCC(Oc2nc3c(F)cccc3s2)CC1. The first-order valence-corrected chi connectivity index (χ1v) is 10.1. The highest BCUT2D eigenvalue weighted by Gasteiger charge is 2.26. The van der Waals surface area contributed by atoms with Crippen LogP contribution in [0.4, 0.5) is 8.78 Å². The van der Waals surface area contributed by atoms with Gasteiger partial charge in [0.25, 0.3) is 5.19 Å². The van der Waals surface area contributed by atoms with Gasteiger partial charge in [-0.25, -0.2) is 8.78 Å². The van der Waals surface area contributed by atoms with Crippen molar-refractivity contribution in [3.05, 3.63) is 58.6 Å². The van der Waals surface area contributed by atoms with Crippen molar-refractivity contribution in [1.29, 1.82) is 0 Å². The number of thiazole rings is 1. The molecule has 0 radical (unpaired) electrons. The number of halogens is 3. The van der Waals surface area contributed by atoms with Crippen molar-refractivity contribution in [3.8, 4) is 5.19 Å². The summed E-state index contributed by atoms with van der Waals surface area (Å²) < 4.78 is 34.3. The van der Waals surface area contributed by atoms with Gasteiger partial charge in [0.2, 0.25) is 5.91 Å². The summed E-state index contributed by atoms with van der Waals surface area (Å²) in [5.74, 6) is -0.995. The molecule has 1 amide bonds. The third-order valence-electron chi connectivity index (χ3n) is 4.80. The Morgan fingerprint density at radius 2 is 1.89 bits per heavy atom. The Kier molecular flexibility index (Phi) is 5.46. The highest BCUT2D eigenvalue weighted by Crippen LogP contribution is 2.31. The van der Waals surface area contributed by atoms with Gasteiger partial charge in [0.15, 0.2) is 0 Å². The highest BCUT2D eigenvalue weighted by molar-refractivity contribution is 7.20. The minimum atomic E-state index is -0.470. The number of carbonyl (C=O) groups excluding carboxylic acids is 1. The van der Waals surface area contributed by atoms with Crippen LogP contribution in [0.2, 0.25) is 5.02 Å². The Hall–Kier alpha value is -2.25. The molecule has 0 spiro atoms. The lowest BCUT2D eigenvalue weighted by Gasteiger charge is -2.31. The summed E-state index contributed by atoms with van der Waals surface area (Å²) in [6, 6.07) is 9.22. The number of hydrogen-bond acceptors (Lipinski definition) is 4. The van der Waals surface area contributed by atoms with E-state index >= 15 is 0 Å². The van der Waals surface area contributed by atoms with Crippen LogP contribution < -0.4 is 4.74 Å². The Labute approximate surface area is 169 Å². The van der Waals surface area contributed by atoms with Crippen LogP contribution in [-0.2, 0) is 11.2 Å². The molecule has 28 heavy (non-hydrogen) atoms. The van der Waals surface area contributed by atoms with Gasteiger partial charge in [-0.05, 0) is 24.3 Å². The topological polar surface area (TPSA) is 42.4 Å². The number of benzene rings is 2. The molecule has 146 valence electrons. The Balaban J connectivity index is 1.35. The number of rotatable bonds is 4. The van der Waals surface area contributed by atoms with E-state index in [1.54, 1.807) is 23.1 Å². The zero-order chi connectivity index (χ0) is 19.7. The summed E-state index contributed by atoms with van der Waals surface area (Å²) in [5, 5.41) is 0.692. The highest BCUT2D eigenvalue weighted by atomic mass is 35.5. The summed E-state index contributed by atoms with van der Waals surface area (Å²) in [7, 11) is 0. The smallest absolute Gasteiger partial charge is 0.274 e. The molecule has 1 aliphatic heterocycles. The van der Waals surface area contributed by atoms with Crippen molar-refractivity contribution < 1.29 is 18.3 Å². The lowest BCUT2D eigenvalue weighted by Crippen LogP contribution is -2.42. The van der Waals surface area contributed by atoms with E-state index in [0.717, 1.165) is 4.70 Å². The molecule has 8 heteroatoms. The number of hydrogen-bond donors (Lipinski definition) is 0. The maximum absolute atomic E-state index is 13.9. The van der Waals surface area contributed by atoms with Crippen LogP contribution >= 0.6 is 22.9 Å². The number of aromatic nitrogens is 1. The van der Waals surface area contributed by atoms with Crippen LogP contribution in [0.25, 0.3) is 10.2 Å². The van der Waals surface area contributed by atoms with Gasteiger partial charge in [-0.15, -0.1) is 0 Å². The van der Waals surface area contributed by atoms with Gasteiger partial charge >= 0.3 is 0 Å². The minimum absolute atomic E-state index is 0.0613. The van der Waals surface area contributed by atoms with Crippen LogP contribution in [0, 0.1) is 11.6 Å². The van der Waals surface area contributed by atoms with E-state index in [1.165, 1.54) is 29.5 Å². The number of carbonyl (C=O) groups is 1. The Morgan fingerprint density at radius 3 is 2.61 bits per heavy atom. The van der Waals surface area contributed by atoms with Crippen molar-refractivity contribution in [1.82, 2.24) is 9.88 Å². The molecule has 1 saturated heterocycles. The van der Waals surface area contributed by atoms with E-state index in [4.69, 9.17) is 16.3 Å². The molecule has 0 atom stereocenters. The van der Waals surface area contributed by atoms with Gasteiger partial charge in [-0.3, -0.25) is 4.79 Å². The molecular formula is C20H17ClF2N2O2S. The van der Waals surface area contributed by atoms with E-state index in [-0.39, 0.29) is 34.8 Å². The van der Waals surface area contributed by atoms with Crippen molar-refractivity contribution in [2.24, 2.45) is 0 Å². The third kappa shape index (κ3) is 3.95. The van der Waals surface area contributed by atoms with E-state index in [2.05, 4.69) is 4.98 Å². The number of para-hydroxylation sites is 1. The average Bonchev–Trinajstić information content (AvgIpc) is 3.09. The van der Waals surface area contributed by atoms with Crippen molar-refractivity contribution in [2.45, 2.75) is 25.4 Å². The number of likely N-dealkylation sites (tertiary alicyclic amines) is 1. The second kappa shape index (κ2) is 8.01. The van der Waals surface area contributed by atoms with Crippen LogP contribution in [0.5, 0.6) is 5.19 Å². The van der Waals surface area contributed by atoms with Crippen molar-refractivity contribution >= 4 is 39.1 Å². The van der Waals surface area contributed by atoms with E-state index in [0.29, 0.717) is 36.6 Å². The number of fused-ring (bicyclic) bond motifs is 1. The maximum atomic E-state index is 13.9. The lowest BCUT2D eigenvalue weighted by molar-refractivity contribution is -0.132. The number of piperidine rings is 1. The minimum Gasteiger partial charge on any atom is -0.467 e. The van der Waals surface area contributed by atoms with E-state index in [1.807, 2.05) is 0 Å². The molecule has 2 heterocycles. The lowest BCUT2D eigenvalue weighted by atomic mass is 10.1. The molecular weight excluding hydrogens is 406 g/mol. The number of ether oxygens (including phenoxy) is 1. The van der Waals surface area contributed by atoms with Gasteiger partial charge in [0, 0.05) is 36.5 Å². The monoisotopic (exact) mass is 422 g/mol. The molecule has 0 bridgehead atoms. The predicted molar refractivity (Wildman–Crippen MR) is 105 cm³/mol. The standard InChI is InChI=1S/C20H17ClF2N2O2S/c21-14-3-1-4-15(22)13(14)11-18(26)25-9-7-12(8-10-25)27-20-24-19-16(23)5-2-6-17(19)28-20/h1-6,12H,7-11H2. The van der Waals surface area contributed by atoms with E-state index < -0.39 is 5.82 Å². The summed E-state index contributed by atoms with van der Waals surface area (Å²) >= 11 is 7.31. The molecule has 0 aliphatic carbocycles. The van der Waals surface area contributed by atoms with Gasteiger partial charge in [-0.1, -0.05) is 35.1 Å². The molecule has 0 N–H and O–H groups in total. The first-order valence-electron chi connectivity index (χ1n) is 8.93. The molecule has 4 nitrogen and oxygen atoms in total. The molecule has 0 unspecified atom stereocenters. The maximum Gasteiger partial charge on any atom is 0.274 e. The summed E-state index contributed by atoms with van der Waals surface area (Å²) in [6.45, 7) is 1.02. The zero-order valence-electron chi connectivity index (χ0n) is 14.8. The van der Waals surface area contributed by atoms with Gasteiger partial charge in [-0.2, -0.15) is 4.98 Å². The molecule has 4 rings (SSSR count). The summed E-state index contributed by atoms with van der Waals surface area (Å²) in [4.78, 5) is 18.4. The molecule has 3 aromatic rings. The fraction of sp³-hybridized carbons (Fsp3) is 0.300. The molecule has 1 aliphatic rings. The van der Waals surface area contributed by atoms with Crippen LogP contribution in [0.1, 0.15) is 18.4 Å². The normalized spacial score (nSPS) is 15.2. The second-order valence-electron chi connectivity index (χ2n) is 6.64. The first kappa shape index (κ1) is 19.1. The van der Waals surface area contributed by atoms with Crippen molar-refractivity contribution in [3.63, 3.8) is 0 Å². The summed E-state index contributed by atoms with van der Waals surface area (Å²) in [6.07, 6.45) is 1.11. The second-order valence-corrected chi connectivity index (χ2v) is 8.04. The van der Waals surface area contributed by atoms with Crippen LogP contribution in [0.3, 0.4) is 0 Å². The third-order valence-corrected chi connectivity index (χ3v) is 6.07. The molecule has 1 aromatic heterocycles. The van der Waals surface area contributed by atoms with Gasteiger partial charge in [0.1, 0.15) is 23.3 Å². The Bertz CT molecular complexity index is 998.